The van der Waals surface area contributed by atoms with Crippen molar-refractivity contribution in [3.8, 4) is 0 Å². The largest absolute Gasteiger partial charge is 0.381 e. The third kappa shape index (κ3) is 5.31. The number of hydrogen-bond acceptors (Lipinski definition) is 2. The Bertz CT molecular complexity index is 172. The van der Waals surface area contributed by atoms with Gasteiger partial charge in [0.1, 0.15) is 0 Å². The lowest BCUT2D eigenvalue weighted by Crippen LogP contribution is -2.41. The predicted octanol–water partition coefficient (Wildman–Crippen LogP) is 3.50. The second kappa shape index (κ2) is 8.08. The minimum Gasteiger partial charge on any atom is -0.381 e. The van der Waals surface area contributed by atoms with Crippen LogP contribution in [0.3, 0.4) is 0 Å². The van der Waals surface area contributed by atoms with E-state index in [2.05, 4.69) is 19.2 Å². The molecule has 16 heavy (non-hydrogen) atoms. The van der Waals surface area contributed by atoms with Crippen molar-refractivity contribution in [1.29, 1.82) is 0 Å². The number of unbranched alkanes of at least 4 members (excludes halogenated alkanes) is 2. The smallest absolute Gasteiger partial charge is 0.0586 e. The van der Waals surface area contributed by atoms with E-state index < -0.39 is 0 Å². The number of nitrogens with one attached hydrogen (secondary N) is 1. The van der Waals surface area contributed by atoms with Crippen molar-refractivity contribution >= 4 is 0 Å². The van der Waals surface area contributed by atoms with Crippen LogP contribution in [-0.2, 0) is 4.74 Å². The van der Waals surface area contributed by atoms with E-state index in [1.807, 2.05) is 7.11 Å². The highest BCUT2D eigenvalue weighted by molar-refractivity contribution is 4.80. The van der Waals surface area contributed by atoms with Gasteiger partial charge in [-0.15, -0.1) is 0 Å². The van der Waals surface area contributed by atoms with Crippen LogP contribution in [-0.4, -0.2) is 25.3 Å². The summed E-state index contributed by atoms with van der Waals surface area (Å²) in [5, 5.41) is 3.76. The molecule has 1 aliphatic carbocycles. The Morgan fingerprint density at radius 2 is 2.12 bits per heavy atom. The highest BCUT2D eigenvalue weighted by atomic mass is 16.5. The van der Waals surface area contributed by atoms with Crippen LogP contribution in [0.5, 0.6) is 0 Å². The van der Waals surface area contributed by atoms with Gasteiger partial charge in [0.25, 0.3) is 0 Å². The molecule has 1 rings (SSSR count). The van der Waals surface area contributed by atoms with Gasteiger partial charge in [-0.05, 0) is 39.0 Å². The summed E-state index contributed by atoms with van der Waals surface area (Å²) in [5.74, 6) is 0. The molecule has 0 radical (unpaired) electrons. The second-order valence-corrected chi connectivity index (χ2v) is 5.28. The summed E-state index contributed by atoms with van der Waals surface area (Å²) in [6.07, 6.45) is 11.0. The average Bonchev–Trinajstić information content (AvgIpc) is 2.29. The van der Waals surface area contributed by atoms with Crippen molar-refractivity contribution < 1.29 is 4.74 Å². The van der Waals surface area contributed by atoms with Gasteiger partial charge in [-0.3, -0.25) is 0 Å². The third-order valence-electron chi connectivity index (χ3n) is 3.72. The summed E-state index contributed by atoms with van der Waals surface area (Å²) in [6.45, 7) is 4.59. The van der Waals surface area contributed by atoms with Crippen LogP contribution in [0.1, 0.15) is 65.2 Å². The SMILES string of the molecule is CCCCCC(C)NC1CCCC(OC)C1. The zero-order valence-electron chi connectivity index (χ0n) is 11.3. The first-order valence-corrected chi connectivity index (χ1v) is 7.05. The molecule has 2 nitrogen and oxygen atoms in total. The van der Waals surface area contributed by atoms with Gasteiger partial charge in [0.2, 0.25) is 0 Å². The molecule has 0 bridgehead atoms. The predicted molar refractivity (Wildman–Crippen MR) is 69.8 cm³/mol. The fourth-order valence-electron chi connectivity index (χ4n) is 2.70. The lowest BCUT2D eigenvalue weighted by atomic mass is 9.92. The van der Waals surface area contributed by atoms with Crippen LogP contribution < -0.4 is 5.32 Å². The number of hydrogen-bond donors (Lipinski definition) is 1. The molecule has 3 atom stereocenters. The van der Waals surface area contributed by atoms with Crippen molar-refractivity contribution in [2.45, 2.75) is 83.4 Å². The fourth-order valence-corrected chi connectivity index (χ4v) is 2.70. The van der Waals surface area contributed by atoms with E-state index in [1.54, 1.807) is 0 Å². The Labute approximate surface area is 101 Å². The van der Waals surface area contributed by atoms with Gasteiger partial charge in [-0.25, -0.2) is 0 Å². The van der Waals surface area contributed by atoms with E-state index in [-0.39, 0.29) is 0 Å². The van der Waals surface area contributed by atoms with Crippen LogP contribution in [0.2, 0.25) is 0 Å². The Morgan fingerprint density at radius 3 is 2.81 bits per heavy atom. The molecule has 96 valence electrons. The van der Waals surface area contributed by atoms with E-state index in [4.69, 9.17) is 4.74 Å². The molecule has 1 N–H and O–H groups in total. The number of ether oxygens (including phenoxy) is 1. The maximum Gasteiger partial charge on any atom is 0.0586 e. The molecule has 1 aliphatic rings. The Balaban J connectivity index is 2.14. The van der Waals surface area contributed by atoms with E-state index in [9.17, 15) is 0 Å². The first-order valence-electron chi connectivity index (χ1n) is 7.05. The molecular formula is C14H29NO. The molecule has 0 aliphatic heterocycles. The van der Waals surface area contributed by atoms with Crippen molar-refractivity contribution in [2.75, 3.05) is 7.11 Å². The molecule has 0 aromatic heterocycles. The third-order valence-corrected chi connectivity index (χ3v) is 3.72. The topological polar surface area (TPSA) is 21.3 Å². The van der Waals surface area contributed by atoms with Gasteiger partial charge in [0, 0.05) is 19.2 Å². The van der Waals surface area contributed by atoms with Crippen LogP contribution in [0.4, 0.5) is 0 Å². The fraction of sp³-hybridized carbons (Fsp3) is 1.00. The van der Waals surface area contributed by atoms with E-state index in [1.165, 1.54) is 51.4 Å². The summed E-state index contributed by atoms with van der Waals surface area (Å²) in [5.41, 5.74) is 0. The van der Waals surface area contributed by atoms with Gasteiger partial charge in [-0.2, -0.15) is 0 Å². The van der Waals surface area contributed by atoms with E-state index >= 15 is 0 Å². The summed E-state index contributed by atoms with van der Waals surface area (Å²) >= 11 is 0. The average molecular weight is 227 g/mol. The van der Waals surface area contributed by atoms with Crippen molar-refractivity contribution in [3.63, 3.8) is 0 Å². The first kappa shape index (κ1) is 14.0. The van der Waals surface area contributed by atoms with Crippen molar-refractivity contribution in [2.24, 2.45) is 0 Å². The van der Waals surface area contributed by atoms with Crippen molar-refractivity contribution in [3.05, 3.63) is 0 Å². The van der Waals surface area contributed by atoms with Gasteiger partial charge in [0.15, 0.2) is 0 Å². The van der Waals surface area contributed by atoms with Gasteiger partial charge >= 0.3 is 0 Å². The molecule has 0 amide bonds. The van der Waals surface area contributed by atoms with Crippen molar-refractivity contribution in [1.82, 2.24) is 5.32 Å². The number of rotatable bonds is 7. The summed E-state index contributed by atoms with van der Waals surface area (Å²) in [6, 6.07) is 1.36. The molecule has 3 unspecified atom stereocenters. The normalized spacial score (nSPS) is 27.9. The molecule has 0 saturated heterocycles. The van der Waals surface area contributed by atoms with E-state index in [0.717, 1.165) is 0 Å². The molecule has 0 heterocycles. The standard InChI is InChI=1S/C14H29NO/c1-4-5-6-8-12(2)15-13-9-7-10-14(11-13)16-3/h12-15H,4-11H2,1-3H3. The van der Waals surface area contributed by atoms with Crippen LogP contribution in [0.25, 0.3) is 0 Å². The molecule has 0 aromatic carbocycles. The van der Waals surface area contributed by atoms with Gasteiger partial charge in [0.05, 0.1) is 6.10 Å². The molecule has 0 spiro atoms. The maximum atomic E-state index is 5.46. The van der Waals surface area contributed by atoms with Crippen LogP contribution in [0, 0.1) is 0 Å². The molecular weight excluding hydrogens is 198 g/mol. The zero-order chi connectivity index (χ0) is 11.8. The maximum absolute atomic E-state index is 5.46. The minimum absolute atomic E-state index is 0.495. The summed E-state index contributed by atoms with van der Waals surface area (Å²) in [7, 11) is 1.84. The molecule has 1 saturated carbocycles. The first-order chi connectivity index (χ1) is 7.76. The van der Waals surface area contributed by atoms with E-state index in [0.29, 0.717) is 18.2 Å². The molecule has 0 aromatic rings. The lowest BCUT2D eigenvalue weighted by Gasteiger charge is -2.31. The van der Waals surface area contributed by atoms with Gasteiger partial charge < -0.3 is 10.1 Å². The highest BCUT2D eigenvalue weighted by Crippen LogP contribution is 2.21. The Morgan fingerprint density at radius 1 is 1.31 bits per heavy atom. The minimum atomic E-state index is 0.495. The molecule has 2 heteroatoms. The van der Waals surface area contributed by atoms with Crippen LogP contribution in [0.15, 0.2) is 0 Å². The highest BCUT2D eigenvalue weighted by Gasteiger charge is 2.22. The monoisotopic (exact) mass is 227 g/mol. The molecule has 1 fully saturated rings. The quantitative estimate of drug-likeness (QED) is 0.672. The Hall–Kier alpha value is -0.0800. The summed E-state index contributed by atoms with van der Waals surface area (Å²) in [4.78, 5) is 0. The summed E-state index contributed by atoms with van der Waals surface area (Å²) < 4.78 is 5.46. The van der Waals surface area contributed by atoms with Crippen LogP contribution >= 0.6 is 0 Å². The Kier molecular flexibility index (Phi) is 7.06. The second-order valence-electron chi connectivity index (χ2n) is 5.28. The lowest BCUT2D eigenvalue weighted by molar-refractivity contribution is 0.0570. The number of methoxy groups -OCH3 is 1. The zero-order valence-corrected chi connectivity index (χ0v) is 11.3. The van der Waals surface area contributed by atoms with Gasteiger partial charge in [-0.1, -0.05) is 26.2 Å².